The van der Waals surface area contributed by atoms with Crippen LogP contribution < -0.4 is 0 Å². The molecule has 0 aromatic heterocycles. The summed E-state index contributed by atoms with van der Waals surface area (Å²) in [6.07, 6.45) is -0.881. The molecule has 1 aliphatic carbocycles. The SMILES string of the molecule is OCC1[C@@H](c2ccc(Br)c(Br)c2)[C@H]1F. The highest BCUT2D eigenvalue weighted by Gasteiger charge is 2.51. The van der Waals surface area contributed by atoms with Gasteiger partial charge in [0.2, 0.25) is 0 Å². The Bertz CT molecular complexity index is 356. The quantitative estimate of drug-likeness (QED) is 0.885. The van der Waals surface area contributed by atoms with Crippen LogP contribution in [0.2, 0.25) is 0 Å². The van der Waals surface area contributed by atoms with Gasteiger partial charge in [0.1, 0.15) is 6.17 Å². The van der Waals surface area contributed by atoms with Crippen LogP contribution in [0.1, 0.15) is 11.5 Å². The Balaban J connectivity index is 2.23. The van der Waals surface area contributed by atoms with Gasteiger partial charge in [0.05, 0.1) is 0 Å². The Kier molecular flexibility index (Phi) is 2.96. The van der Waals surface area contributed by atoms with E-state index in [2.05, 4.69) is 31.9 Å². The molecule has 76 valence electrons. The average molecular weight is 324 g/mol. The maximum atomic E-state index is 13.2. The van der Waals surface area contributed by atoms with E-state index in [-0.39, 0.29) is 18.4 Å². The molecule has 1 nitrogen and oxygen atoms in total. The molecule has 1 fully saturated rings. The third kappa shape index (κ3) is 1.75. The van der Waals surface area contributed by atoms with E-state index in [1.54, 1.807) is 0 Å². The van der Waals surface area contributed by atoms with E-state index in [1.807, 2.05) is 18.2 Å². The molecule has 1 aliphatic rings. The first kappa shape index (κ1) is 10.6. The van der Waals surface area contributed by atoms with Crippen LogP contribution in [0.3, 0.4) is 0 Å². The lowest BCUT2D eigenvalue weighted by Gasteiger charge is -2.01. The zero-order valence-corrected chi connectivity index (χ0v) is 10.4. The van der Waals surface area contributed by atoms with Crippen LogP contribution in [-0.4, -0.2) is 17.9 Å². The van der Waals surface area contributed by atoms with Crippen LogP contribution in [0.5, 0.6) is 0 Å². The second-order valence-electron chi connectivity index (χ2n) is 3.49. The van der Waals surface area contributed by atoms with Gasteiger partial charge in [-0.1, -0.05) is 6.07 Å². The molecule has 4 heteroatoms. The van der Waals surface area contributed by atoms with Gasteiger partial charge in [-0.15, -0.1) is 0 Å². The molecule has 0 radical (unpaired) electrons. The van der Waals surface area contributed by atoms with Gasteiger partial charge in [-0.3, -0.25) is 0 Å². The Labute approximate surface area is 98.6 Å². The van der Waals surface area contributed by atoms with Crippen molar-refractivity contribution in [2.24, 2.45) is 5.92 Å². The van der Waals surface area contributed by atoms with E-state index in [1.165, 1.54) is 0 Å². The fourth-order valence-corrected chi connectivity index (χ4v) is 2.34. The molecule has 1 aromatic rings. The van der Waals surface area contributed by atoms with Crippen LogP contribution >= 0.6 is 31.9 Å². The van der Waals surface area contributed by atoms with Crippen LogP contribution in [0.25, 0.3) is 0 Å². The minimum atomic E-state index is -0.881. The molecule has 1 unspecified atom stereocenters. The summed E-state index contributed by atoms with van der Waals surface area (Å²) in [7, 11) is 0. The summed E-state index contributed by atoms with van der Waals surface area (Å²) in [6, 6.07) is 5.68. The van der Waals surface area contributed by atoms with Crippen molar-refractivity contribution in [1.82, 2.24) is 0 Å². The lowest BCUT2D eigenvalue weighted by Crippen LogP contribution is -1.88. The summed E-state index contributed by atoms with van der Waals surface area (Å²) in [5.74, 6) is -0.326. The van der Waals surface area contributed by atoms with Crippen LogP contribution in [0.4, 0.5) is 4.39 Å². The number of halogens is 3. The summed E-state index contributed by atoms with van der Waals surface area (Å²) < 4.78 is 15.0. The highest BCUT2D eigenvalue weighted by atomic mass is 79.9. The Morgan fingerprint density at radius 2 is 2.00 bits per heavy atom. The topological polar surface area (TPSA) is 20.2 Å². The van der Waals surface area contributed by atoms with Crippen molar-refractivity contribution in [3.63, 3.8) is 0 Å². The molecule has 0 spiro atoms. The van der Waals surface area contributed by atoms with Gasteiger partial charge in [-0.05, 0) is 49.6 Å². The number of rotatable bonds is 2. The standard InChI is InChI=1S/C10H9Br2FO/c11-7-2-1-5(3-8(7)12)9-6(4-14)10(9)13/h1-3,6,9-10,14H,4H2/t6?,9-,10+/m1/s1. The third-order valence-corrected chi connectivity index (χ3v) is 4.49. The summed E-state index contributed by atoms with van der Waals surface area (Å²) in [4.78, 5) is 0. The smallest absolute Gasteiger partial charge is 0.113 e. The molecular weight excluding hydrogens is 315 g/mol. The fourth-order valence-electron chi connectivity index (χ4n) is 1.70. The number of hydrogen-bond donors (Lipinski definition) is 1. The van der Waals surface area contributed by atoms with Crippen molar-refractivity contribution in [3.8, 4) is 0 Å². The van der Waals surface area contributed by atoms with Gasteiger partial charge in [0, 0.05) is 27.4 Å². The lowest BCUT2D eigenvalue weighted by molar-refractivity contribution is 0.257. The molecule has 0 amide bonds. The summed E-state index contributed by atoms with van der Waals surface area (Å²) >= 11 is 6.73. The second-order valence-corrected chi connectivity index (χ2v) is 5.20. The third-order valence-electron chi connectivity index (χ3n) is 2.61. The molecule has 1 aromatic carbocycles. The Hall–Kier alpha value is 0.0700. The number of hydrogen-bond acceptors (Lipinski definition) is 1. The van der Waals surface area contributed by atoms with E-state index >= 15 is 0 Å². The van der Waals surface area contributed by atoms with Crippen LogP contribution in [0, 0.1) is 5.92 Å². The molecule has 0 bridgehead atoms. The highest BCUT2D eigenvalue weighted by Crippen LogP contribution is 2.50. The molecule has 1 saturated carbocycles. The molecule has 0 aliphatic heterocycles. The van der Waals surface area contributed by atoms with Gasteiger partial charge in [0.15, 0.2) is 0 Å². The normalized spacial score (nSPS) is 30.4. The first-order chi connectivity index (χ1) is 6.65. The van der Waals surface area contributed by atoms with Gasteiger partial charge >= 0.3 is 0 Å². The molecular formula is C10H9Br2FO. The van der Waals surface area contributed by atoms with Crippen molar-refractivity contribution in [2.45, 2.75) is 12.1 Å². The van der Waals surface area contributed by atoms with E-state index in [4.69, 9.17) is 5.11 Å². The lowest BCUT2D eigenvalue weighted by atomic mass is 10.1. The second kappa shape index (κ2) is 3.91. The molecule has 1 N–H and O–H groups in total. The zero-order chi connectivity index (χ0) is 10.3. The average Bonchev–Trinajstić information content (AvgIpc) is 2.81. The number of benzene rings is 1. The monoisotopic (exact) mass is 322 g/mol. The van der Waals surface area contributed by atoms with Crippen LogP contribution in [0.15, 0.2) is 27.1 Å². The maximum absolute atomic E-state index is 13.2. The Morgan fingerprint density at radius 1 is 1.29 bits per heavy atom. The predicted octanol–water partition coefficient (Wildman–Crippen LogP) is 3.26. The van der Waals surface area contributed by atoms with E-state index < -0.39 is 6.17 Å². The molecule has 2 rings (SSSR count). The predicted molar refractivity (Wildman–Crippen MR) is 60.1 cm³/mol. The summed E-state index contributed by atoms with van der Waals surface area (Å²) in [6.45, 7) is -0.0699. The first-order valence-electron chi connectivity index (χ1n) is 4.35. The van der Waals surface area contributed by atoms with Crippen molar-refractivity contribution in [2.75, 3.05) is 6.61 Å². The minimum Gasteiger partial charge on any atom is -0.396 e. The molecule has 0 saturated heterocycles. The van der Waals surface area contributed by atoms with Gasteiger partial charge in [-0.25, -0.2) is 4.39 Å². The van der Waals surface area contributed by atoms with E-state index in [0.717, 1.165) is 14.5 Å². The van der Waals surface area contributed by atoms with Gasteiger partial charge in [0.25, 0.3) is 0 Å². The van der Waals surface area contributed by atoms with Crippen LogP contribution in [-0.2, 0) is 0 Å². The Morgan fingerprint density at radius 3 is 2.50 bits per heavy atom. The van der Waals surface area contributed by atoms with Crippen molar-refractivity contribution in [1.29, 1.82) is 0 Å². The molecule has 3 atom stereocenters. The largest absolute Gasteiger partial charge is 0.396 e. The zero-order valence-electron chi connectivity index (χ0n) is 7.25. The maximum Gasteiger partial charge on any atom is 0.113 e. The van der Waals surface area contributed by atoms with Crippen molar-refractivity contribution < 1.29 is 9.50 Å². The minimum absolute atomic E-state index is 0.0699. The van der Waals surface area contributed by atoms with Gasteiger partial charge < -0.3 is 5.11 Å². The first-order valence-corrected chi connectivity index (χ1v) is 5.93. The number of aliphatic hydroxyl groups excluding tert-OH is 1. The van der Waals surface area contributed by atoms with E-state index in [9.17, 15) is 4.39 Å². The molecule has 0 heterocycles. The number of aliphatic hydroxyl groups is 1. The summed E-state index contributed by atoms with van der Waals surface area (Å²) in [5.41, 5.74) is 0.951. The fraction of sp³-hybridized carbons (Fsp3) is 0.400. The highest BCUT2D eigenvalue weighted by molar-refractivity contribution is 9.13. The number of alkyl halides is 1. The van der Waals surface area contributed by atoms with E-state index in [0.29, 0.717) is 0 Å². The molecule has 14 heavy (non-hydrogen) atoms. The van der Waals surface area contributed by atoms with Gasteiger partial charge in [-0.2, -0.15) is 0 Å². The van der Waals surface area contributed by atoms with Crippen molar-refractivity contribution in [3.05, 3.63) is 32.7 Å². The van der Waals surface area contributed by atoms with Crippen molar-refractivity contribution >= 4 is 31.9 Å². The summed E-state index contributed by atoms with van der Waals surface area (Å²) in [5, 5.41) is 8.87.